The molecule has 27 heavy (non-hydrogen) atoms. The molecule has 0 fully saturated rings. The molecule has 2 aromatic carbocycles. The van der Waals surface area contributed by atoms with E-state index in [9.17, 15) is 9.00 Å². The molecule has 0 amide bonds. The van der Waals surface area contributed by atoms with Gasteiger partial charge in [0.05, 0.1) is 19.7 Å². The summed E-state index contributed by atoms with van der Waals surface area (Å²) in [5, 5.41) is 1.51. The minimum atomic E-state index is -2.92. The fraction of sp³-hybridized carbons (Fsp3) is 0.250. The standard InChI is InChI=1S/C20H22ClNO4S/c1-25-16-7-10-19-18(12-16)14(4-11-20(23)26-2)13-22(19)27(3,24)17-8-5-15(21)6-9-17/h5-10,12-13,27H,4,11H2,1-3H3. The molecular formula is C20H22ClNO4S. The molecule has 0 bridgehead atoms. The average molecular weight is 408 g/mol. The largest absolute Gasteiger partial charge is 0.497 e. The fourth-order valence-electron chi connectivity index (χ4n) is 3.08. The van der Waals surface area contributed by atoms with E-state index in [1.165, 1.54) is 7.11 Å². The summed E-state index contributed by atoms with van der Waals surface area (Å²) in [4.78, 5) is 12.3. The van der Waals surface area contributed by atoms with Crippen LogP contribution in [0.2, 0.25) is 5.02 Å². The Morgan fingerprint density at radius 1 is 1.15 bits per heavy atom. The molecule has 0 saturated heterocycles. The number of carbonyl (C=O) groups excluding carboxylic acids is 1. The third kappa shape index (κ3) is 3.87. The molecule has 0 radical (unpaired) electrons. The molecule has 0 N–H and O–H groups in total. The number of nitrogens with zero attached hydrogens (tertiary/aromatic N) is 1. The first-order valence-electron chi connectivity index (χ1n) is 8.46. The molecule has 5 nitrogen and oxygen atoms in total. The Labute approximate surface area is 164 Å². The van der Waals surface area contributed by atoms with E-state index >= 15 is 0 Å². The highest BCUT2D eigenvalue weighted by Gasteiger charge is 2.20. The van der Waals surface area contributed by atoms with Crippen LogP contribution < -0.4 is 4.74 Å². The van der Waals surface area contributed by atoms with Crippen LogP contribution in [0.3, 0.4) is 0 Å². The zero-order valence-electron chi connectivity index (χ0n) is 15.4. The van der Waals surface area contributed by atoms with Gasteiger partial charge in [-0.2, -0.15) is 0 Å². The van der Waals surface area contributed by atoms with Gasteiger partial charge in [0, 0.05) is 34.2 Å². The SMILES string of the molecule is COC(=O)CCc1cn([SH](C)(=O)c2ccc(Cl)cc2)c2ccc(OC)cc12. The van der Waals surface area contributed by atoms with E-state index in [4.69, 9.17) is 21.1 Å². The molecule has 1 heterocycles. The number of esters is 1. The average Bonchev–Trinajstić information content (AvgIpc) is 3.05. The second-order valence-electron chi connectivity index (χ2n) is 6.31. The first-order chi connectivity index (χ1) is 12.9. The smallest absolute Gasteiger partial charge is 0.305 e. The number of carbonyl (C=O) groups is 1. The highest BCUT2D eigenvalue weighted by molar-refractivity contribution is 8.01. The van der Waals surface area contributed by atoms with E-state index < -0.39 is 10.1 Å². The minimum absolute atomic E-state index is 0.252. The highest BCUT2D eigenvalue weighted by atomic mass is 35.5. The third-order valence-corrected chi connectivity index (χ3v) is 7.28. The number of thiol groups is 1. The van der Waals surface area contributed by atoms with Crippen molar-refractivity contribution >= 4 is 38.6 Å². The van der Waals surface area contributed by atoms with Gasteiger partial charge in [0.2, 0.25) is 0 Å². The maximum absolute atomic E-state index is 13.7. The Bertz CT molecular complexity index is 1030. The van der Waals surface area contributed by atoms with Crippen LogP contribution in [0.15, 0.2) is 53.6 Å². The molecule has 0 aliphatic carbocycles. The van der Waals surface area contributed by atoms with Gasteiger partial charge in [-0.3, -0.25) is 13.0 Å². The molecule has 0 aliphatic heterocycles. The van der Waals surface area contributed by atoms with Crippen LogP contribution in [0, 0.1) is 0 Å². The summed E-state index contributed by atoms with van der Waals surface area (Å²) in [5.41, 5.74) is 1.75. The molecule has 3 rings (SSSR count). The molecule has 7 heteroatoms. The van der Waals surface area contributed by atoms with Crippen molar-refractivity contribution < 1.29 is 18.5 Å². The maximum atomic E-state index is 13.7. The second kappa shape index (κ2) is 7.74. The summed E-state index contributed by atoms with van der Waals surface area (Å²) < 4.78 is 25.6. The number of halogens is 1. The Morgan fingerprint density at radius 3 is 2.48 bits per heavy atom. The molecule has 0 unspecified atom stereocenters. The third-order valence-electron chi connectivity index (χ3n) is 4.62. The van der Waals surface area contributed by atoms with Gasteiger partial charge in [0.25, 0.3) is 0 Å². The fourth-order valence-corrected chi connectivity index (χ4v) is 5.10. The van der Waals surface area contributed by atoms with Crippen LogP contribution >= 0.6 is 11.6 Å². The van der Waals surface area contributed by atoms with Crippen molar-refractivity contribution in [1.29, 1.82) is 0 Å². The van der Waals surface area contributed by atoms with Gasteiger partial charge in [0.15, 0.2) is 0 Å². The monoisotopic (exact) mass is 407 g/mol. The molecule has 0 aliphatic rings. The molecule has 3 aromatic rings. The van der Waals surface area contributed by atoms with E-state index in [0.717, 1.165) is 16.5 Å². The van der Waals surface area contributed by atoms with Crippen molar-refractivity contribution in [3.63, 3.8) is 0 Å². The summed E-state index contributed by atoms with van der Waals surface area (Å²) in [6.45, 7) is 0. The lowest BCUT2D eigenvalue weighted by atomic mass is 10.1. The van der Waals surface area contributed by atoms with E-state index in [1.807, 2.05) is 24.4 Å². The maximum Gasteiger partial charge on any atom is 0.305 e. The van der Waals surface area contributed by atoms with Gasteiger partial charge in [-0.05, 0) is 64.6 Å². The zero-order chi connectivity index (χ0) is 19.6. The van der Waals surface area contributed by atoms with Gasteiger partial charge in [-0.15, -0.1) is 0 Å². The predicted molar refractivity (Wildman–Crippen MR) is 109 cm³/mol. The number of hydrogen-bond acceptors (Lipinski definition) is 4. The number of hydrogen-bond donors (Lipinski definition) is 1. The lowest BCUT2D eigenvalue weighted by Crippen LogP contribution is -2.19. The summed E-state index contributed by atoms with van der Waals surface area (Å²) in [7, 11) is 0.0537. The zero-order valence-corrected chi connectivity index (χ0v) is 17.1. The topological polar surface area (TPSA) is 57.5 Å². The Kier molecular flexibility index (Phi) is 5.58. The Morgan fingerprint density at radius 2 is 1.85 bits per heavy atom. The van der Waals surface area contributed by atoms with Crippen molar-refractivity contribution in [2.24, 2.45) is 0 Å². The number of benzene rings is 2. The Hall–Kier alpha value is -2.31. The van der Waals surface area contributed by atoms with E-state index in [-0.39, 0.29) is 12.4 Å². The lowest BCUT2D eigenvalue weighted by molar-refractivity contribution is -0.140. The Balaban J connectivity index is 2.13. The van der Waals surface area contributed by atoms with Crippen LogP contribution in [0.4, 0.5) is 0 Å². The molecule has 0 spiro atoms. The number of rotatable bonds is 6. The van der Waals surface area contributed by atoms with Crippen LogP contribution in [-0.4, -0.2) is 34.6 Å². The first kappa shape index (κ1) is 19.5. The van der Waals surface area contributed by atoms with Crippen molar-refractivity contribution in [2.75, 3.05) is 20.5 Å². The summed E-state index contributed by atoms with van der Waals surface area (Å²) in [6, 6.07) is 12.7. The van der Waals surface area contributed by atoms with Gasteiger partial charge in [-0.25, -0.2) is 0 Å². The highest BCUT2D eigenvalue weighted by Crippen LogP contribution is 2.32. The van der Waals surface area contributed by atoms with Crippen molar-refractivity contribution in [3.8, 4) is 5.75 Å². The van der Waals surface area contributed by atoms with Crippen molar-refractivity contribution in [3.05, 3.63) is 59.2 Å². The molecule has 144 valence electrons. The van der Waals surface area contributed by atoms with Crippen molar-refractivity contribution in [1.82, 2.24) is 3.97 Å². The van der Waals surface area contributed by atoms with Crippen LogP contribution in [-0.2, 0) is 26.1 Å². The molecule has 0 saturated carbocycles. The van der Waals surface area contributed by atoms with Gasteiger partial charge in [-0.1, -0.05) is 11.6 Å². The van der Waals surface area contributed by atoms with Crippen LogP contribution in [0.1, 0.15) is 12.0 Å². The number of ether oxygens (including phenoxy) is 2. The second-order valence-corrected chi connectivity index (χ2v) is 9.46. The van der Waals surface area contributed by atoms with Crippen LogP contribution in [0.25, 0.3) is 10.9 Å². The van der Waals surface area contributed by atoms with E-state index in [0.29, 0.717) is 22.1 Å². The van der Waals surface area contributed by atoms with E-state index in [1.54, 1.807) is 41.6 Å². The number of aromatic nitrogens is 1. The number of aryl methyl sites for hydroxylation is 1. The number of methoxy groups -OCH3 is 2. The molecule has 1 aromatic heterocycles. The van der Waals surface area contributed by atoms with E-state index in [2.05, 4.69) is 0 Å². The first-order valence-corrected chi connectivity index (χ1v) is 10.9. The summed E-state index contributed by atoms with van der Waals surface area (Å²) in [6.07, 6.45) is 4.33. The normalized spacial score (nSPS) is 12.1. The molecular weight excluding hydrogens is 386 g/mol. The van der Waals surface area contributed by atoms with Gasteiger partial charge < -0.3 is 9.47 Å². The van der Waals surface area contributed by atoms with Gasteiger partial charge >= 0.3 is 5.97 Å². The molecule has 0 atom stereocenters. The minimum Gasteiger partial charge on any atom is -0.497 e. The lowest BCUT2D eigenvalue weighted by Gasteiger charge is -2.23. The van der Waals surface area contributed by atoms with Gasteiger partial charge in [0.1, 0.15) is 5.75 Å². The van der Waals surface area contributed by atoms with Crippen molar-refractivity contribution in [2.45, 2.75) is 17.7 Å². The number of fused-ring (bicyclic) bond motifs is 1. The predicted octanol–water partition coefficient (Wildman–Crippen LogP) is 3.88. The quantitative estimate of drug-likeness (QED) is 0.497. The van der Waals surface area contributed by atoms with Crippen LogP contribution in [0.5, 0.6) is 5.75 Å². The summed E-state index contributed by atoms with van der Waals surface area (Å²) in [5.74, 6) is 0.424. The summed E-state index contributed by atoms with van der Waals surface area (Å²) >= 11 is 5.97.